The van der Waals surface area contributed by atoms with Crippen molar-refractivity contribution in [3.63, 3.8) is 0 Å². The normalized spacial score (nSPS) is 11.5. The van der Waals surface area contributed by atoms with E-state index in [4.69, 9.17) is 28.9 Å². The van der Waals surface area contributed by atoms with Crippen LogP contribution < -0.4 is 5.73 Å². The Kier molecular flexibility index (Phi) is 3.43. The number of halogens is 2. The van der Waals surface area contributed by atoms with E-state index in [-0.39, 0.29) is 0 Å². The topological polar surface area (TPSA) is 26.0 Å². The van der Waals surface area contributed by atoms with Crippen molar-refractivity contribution in [3.05, 3.63) is 69.7 Å². The molecule has 0 saturated carbocycles. The summed E-state index contributed by atoms with van der Waals surface area (Å²) in [5.41, 5.74) is 7.86. The Morgan fingerprint density at radius 3 is 1.35 bits per heavy atom. The number of benzene rings is 2. The molecule has 0 bridgehead atoms. The Labute approximate surface area is 111 Å². The summed E-state index contributed by atoms with van der Waals surface area (Å²) in [5, 5.41) is 1.42. The molecule has 0 unspecified atom stereocenters. The number of hydrogen-bond donors (Lipinski definition) is 1. The van der Waals surface area contributed by atoms with E-state index in [1.807, 2.05) is 55.5 Å². The zero-order chi connectivity index (χ0) is 12.5. The highest BCUT2D eigenvalue weighted by molar-refractivity contribution is 6.30. The van der Waals surface area contributed by atoms with E-state index in [0.717, 1.165) is 11.1 Å². The highest BCUT2D eigenvalue weighted by Gasteiger charge is 2.23. The van der Waals surface area contributed by atoms with Crippen molar-refractivity contribution in [1.29, 1.82) is 0 Å². The summed E-state index contributed by atoms with van der Waals surface area (Å²) in [6.07, 6.45) is 0. The van der Waals surface area contributed by atoms with E-state index in [9.17, 15) is 0 Å². The molecule has 0 amide bonds. The van der Waals surface area contributed by atoms with Gasteiger partial charge in [0.1, 0.15) is 0 Å². The second kappa shape index (κ2) is 4.69. The van der Waals surface area contributed by atoms with Crippen LogP contribution >= 0.6 is 23.2 Å². The molecule has 2 aromatic rings. The standard InChI is InChI=1S/C14H13Cl2N/c1-14(17,10-2-6-12(15)7-3-10)11-4-8-13(16)9-5-11/h2-9H,17H2,1H3. The van der Waals surface area contributed by atoms with Crippen LogP contribution in [0.25, 0.3) is 0 Å². The van der Waals surface area contributed by atoms with E-state index in [1.165, 1.54) is 0 Å². The van der Waals surface area contributed by atoms with Crippen LogP contribution in [0.2, 0.25) is 10.0 Å². The monoisotopic (exact) mass is 265 g/mol. The Morgan fingerprint density at radius 1 is 0.765 bits per heavy atom. The molecule has 0 fully saturated rings. The molecule has 0 aliphatic rings. The largest absolute Gasteiger partial charge is 0.318 e. The van der Waals surface area contributed by atoms with Gasteiger partial charge in [0.15, 0.2) is 0 Å². The molecule has 0 aliphatic heterocycles. The van der Waals surface area contributed by atoms with Crippen LogP contribution in [0.1, 0.15) is 18.1 Å². The summed E-state index contributed by atoms with van der Waals surface area (Å²) < 4.78 is 0. The summed E-state index contributed by atoms with van der Waals surface area (Å²) in [5.74, 6) is 0. The first kappa shape index (κ1) is 12.4. The highest BCUT2D eigenvalue weighted by Crippen LogP contribution is 2.28. The molecule has 0 radical (unpaired) electrons. The van der Waals surface area contributed by atoms with Crippen LogP contribution in [0.15, 0.2) is 48.5 Å². The molecule has 0 atom stereocenters. The first-order valence-electron chi connectivity index (χ1n) is 5.31. The Morgan fingerprint density at radius 2 is 1.06 bits per heavy atom. The lowest BCUT2D eigenvalue weighted by Gasteiger charge is -2.26. The van der Waals surface area contributed by atoms with Crippen LogP contribution in [0.3, 0.4) is 0 Å². The third kappa shape index (κ3) is 2.63. The molecule has 0 aromatic heterocycles. The first-order valence-corrected chi connectivity index (χ1v) is 6.07. The fraction of sp³-hybridized carbons (Fsp3) is 0.143. The molecule has 3 heteroatoms. The van der Waals surface area contributed by atoms with Crippen molar-refractivity contribution in [2.45, 2.75) is 12.5 Å². The zero-order valence-electron chi connectivity index (χ0n) is 9.45. The first-order chi connectivity index (χ1) is 8.00. The van der Waals surface area contributed by atoms with Gasteiger partial charge in [-0.15, -0.1) is 0 Å². The zero-order valence-corrected chi connectivity index (χ0v) is 11.0. The third-order valence-corrected chi connectivity index (χ3v) is 3.39. The number of nitrogens with two attached hydrogens (primary N) is 1. The highest BCUT2D eigenvalue weighted by atomic mass is 35.5. The van der Waals surface area contributed by atoms with Crippen LogP contribution in [0.5, 0.6) is 0 Å². The predicted octanol–water partition coefficient (Wildman–Crippen LogP) is 4.22. The Bertz CT molecular complexity index is 453. The van der Waals surface area contributed by atoms with Gasteiger partial charge in [-0.2, -0.15) is 0 Å². The molecule has 0 heterocycles. The van der Waals surface area contributed by atoms with Crippen LogP contribution in [-0.4, -0.2) is 0 Å². The molecule has 1 nitrogen and oxygen atoms in total. The molecule has 0 aliphatic carbocycles. The van der Waals surface area contributed by atoms with Crippen LogP contribution in [0.4, 0.5) is 0 Å². The average Bonchev–Trinajstić information content (AvgIpc) is 2.30. The van der Waals surface area contributed by atoms with Crippen LogP contribution in [0, 0.1) is 0 Å². The van der Waals surface area contributed by atoms with Crippen molar-refractivity contribution in [2.75, 3.05) is 0 Å². The molecule has 88 valence electrons. The molecular weight excluding hydrogens is 253 g/mol. The third-order valence-electron chi connectivity index (χ3n) is 2.89. The summed E-state index contributed by atoms with van der Waals surface area (Å²) in [6, 6.07) is 15.1. The van der Waals surface area contributed by atoms with E-state index >= 15 is 0 Å². The fourth-order valence-electron chi connectivity index (χ4n) is 1.76. The minimum Gasteiger partial charge on any atom is -0.318 e. The molecule has 0 saturated heterocycles. The molecule has 2 aromatic carbocycles. The van der Waals surface area contributed by atoms with Gasteiger partial charge in [-0.1, -0.05) is 47.5 Å². The second-order valence-corrected chi connectivity index (χ2v) is 5.09. The predicted molar refractivity (Wildman–Crippen MR) is 73.5 cm³/mol. The van der Waals surface area contributed by atoms with Gasteiger partial charge in [-0.05, 0) is 42.3 Å². The summed E-state index contributed by atoms with van der Waals surface area (Å²) in [6.45, 7) is 1.97. The summed E-state index contributed by atoms with van der Waals surface area (Å²) >= 11 is 11.7. The maximum Gasteiger partial charge on any atom is 0.0636 e. The minimum absolute atomic E-state index is 0.546. The van der Waals surface area contributed by atoms with E-state index in [1.54, 1.807) is 0 Å². The van der Waals surface area contributed by atoms with Gasteiger partial charge in [0, 0.05) is 10.0 Å². The van der Waals surface area contributed by atoms with Crippen molar-refractivity contribution in [3.8, 4) is 0 Å². The minimum atomic E-state index is -0.546. The van der Waals surface area contributed by atoms with Gasteiger partial charge in [0.25, 0.3) is 0 Å². The van der Waals surface area contributed by atoms with Crippen molar-refractivity contribution < 1.29 is 0 Å². The van der Waals surface area contributed by atoms with Crippen molar-refractivity contribution in [2.24, 2.45) is 5.73 Å². The molecule has 2 rings (SSSR count). The quantitative estimate of drug-likeness (QED) is 0.865. The Hall–Kier alpha value is -1.02. The lowest BCUT2D eigenvalue weighted by molar-refractivity contribution is 0.603. The van der Waals surface area contributed by atoms with Gasteiger partial charge in [-0.25, -0.2) is 0 Å². The van der Waals surface area contributed by atoms with E-state index < -0.39 is 5.54 Å². The number of rotatable bonds is 2. The van der Waals surface area contributed by atoms with Gasteiger partial charge < -0.3 is 5.73 Å². The maximum atomic E-state index is 6.37. The molecular formula is C14H13Cl2N. The molecule has 0 spiro atoms. The Balaban J connectivity index is 2.41. The molecule has 2 N–H and O–H groups in total. The second-order valence-electron chi connectivity index (χ2n) is 4.22. The lowest BCUT2D eigenvalue weighted by atomic mass is 9.86. The summed E-state index contributed by atoms with van der Waals surface area (Å²) in [4.78, 5) is 0. The van der Waals surface area contributed by atoms with E-state index in [0.29, 0.717) is 10.0 Å². The van der Waals surface area contributed by atoms with Crippen molar-refractivity contribution in [1.82, 2.24) is 0 Å². The van der Waals surface area contributed by atoms with Gasteiger partial charge in [-0.3, -0.25) is 0 Å². The van der Waals surface area contributed by atoms with Gasteiger partial charge in [0.2, 0.25) is 0 Å². The SMILES string of the molecule is CC(N)(c1ccc(Cl)cc1)c1ccc(Cl)cc1. The summed E-state index contributed by atoms with van der Waals surface area (Å²) in [7, 11) is 0. The van der Waals surface area contributed by atoms with Gasteiger partial charge >= 0.3 is 0 Å². The number of hydrogen-bond acceptors (Lipinski definition) is 1. The lowest BCUT2D eigenvalue weighted by Crippen LogP contribution is -2.34. The molecule has 17 heavy (non-hydrogen) atoms. The van der Waals surface area contributed by atoms with E-state index in [2.05, 4.69) is 0 Å². The van der Waals surface area contributed by atoms with Crippen molar-refractivity contribution >= 4 is 23.2 Å². The maximum absolute atomic E-state index is 6.37. The smallest absolute Gasteiger partial charge is 0.0636 e. The fourth-order valence-corrected chi connectivity index (χ4v) is 2.01. The average molecular weight is 266 g/mol. The van der Waals surface area contributed by atoms with Gasteiger partial charge in [0.05, 0.1) is 5.54 Å². The van der Waals surface area contributed by atoms with Crippen LogP contribution in [-0.2, 0) is 5.54 Å².